The van der Waals surface area contributed by atoms with Gasteiger partial charge in [0, 0.05) is 25.4 Å². The monoisotopic (exact) mass is 520 g/mol. The molecule has 0 aliphatic heterocycles. The van der Waals surface area contributed by atoms with E-state index >= 15 is 0 Å². The number of nitrogens with zero attached hydrogens (tertiary/aromatic N) is 4. The van der Waals surface area contributed by atoms with Gasteiger partial charge in [-0.15, -0.1) is 34.2 Å². The molecule has 0 saturated heterocycles. The highest BCUT2D eigenvalue weighted by atomic mass is 127. The Morgan fingerprint density at radius 3 is 2.55 bits per heavy atom. The number of alkyl halides is 3. The van der Waals surface area contributed by atoms with Crippen molar-refractivity contribution in [2.45, 2.75) is 19.3 Å². The summed E-state index contributed by atoms with van der Waals surface area (Å²) in [5, 5.41) is 14.4. The molecule has 0 unspecified atom stereocenters. The van der Waals surface area contributed by atoms with Gasteiger partial charge in [0.15, 0.2) is 24.0 Å². The number of pyridine rings is 1. The summed E-state index contributed by atoms with van der Waals surface area (Å²) in [4.78, 5) is 4.11. The lowest BCUT2D eigenvalue weighted by molar-refractivity contribution is -0.153. The van der Waals surface area contributed by atoms with E-state index in [1.807, 2.05) is 28.8 Å². The first-order chi connectivity index (χ1) is 13.5. The summed E-state index contributed by atoms with van der Waals surface area (Å²) in [6.45, 7) is -0.720. The third kappa shape index (κ3) is 6.48. The minimum Gasteiger partial charge on any atom is -0.484 e. The molecule has 0 aliphatic rings. The molecule has 0 fully saturated rings. The van der Waals surface area contributed by atoms with Crippen LogP contribution < -0.4 is 15.4 Å². The third-order valence-corrected chi connectivity index (χ3v) is 3.83. The first-order valence-electron chi connectivity index (χ1n) is 8.47. The number of aliphatic imine (C=N–C) groups is 1. The van der Waals surface area contributed by atoms with E-state index < -0.39 is 12.8 Å². The summed E-state index contributed by atoms with van der Waals surface area (Å²) in [7, 11) is 1.60. The second-order valence-corrected chi connectivity index (χ2v) is 5.84. The summed E-state index contributed by atoms with van der Waals surface area (Å²) in [6, 6.07) is 12.2. The zero-order valence-corrected chi connectivity index (χ0v) is 17.8. The number of halogens is 4. The lowest BCUT2D eigenvalue weighted by atomic mass is 10.2. The number of ether oxygens (including phenoxy) is 1. The number of aromatic nitrogens is 3. The molecule has 0 aliphatic carbocycles. The second-order valence-electron chi connectivity index (χ2n) is 5.84. The summed E-state index contributed by atoms with van der Waals surface area (Å²) >= 11 is 0. The van der Waals surface area contributed by atoms with Gasteiger partial charge in [-0.05, 0) is 18.2 Å². The standard InChI is InChI=1S/C18H19F3N6O.HI/c1-22-17(24-11-16-26-25-15-8-4-5-9-27(15)16)23-10-13-6-2-3-7-14(13)28-12-18(19,20)21;/h2-9H,10-12H2,1H3,(H2,22,23,24);1H. The maximum absolute atomic E-state index is 12.4. The Morgan fingerprint density at radius 1 is 1.07 bits per heavy atom. The minimum atomic E-state index is -4.39. The van der Waals surface area contributed by atoms with Crippen molar-refractivity contribution in [2.75, 3.05) is 13.7 Å². The van der Waals surface area contributed by atoms with Crippen LogP contribution in [-0.2, 0) is 13.1 Å². The van der Waals surface area contributed by atoms with Crippen molar-refractivity contribution in [2.24, 2.45) is 4.99 Å². The Bertz CT molecular complexity index is 960. The van der Waals surface area contributed by atoms with Crippen LogP contribution in [-0.4, -0.2) is 40.4 Å². The van der Waals surface area contributed by atoms with E-state index in [1.165, 1.54) is 6.07 Å². The average molecular weight is 520 g/mol. The van der Waals surface area contributed by atoms with Crippen molar-refractivity contribution in [3.63, 3.8) is 0 Å². The van der Waals surface area contributed by atoms with E-state index in [2.05, 4.69) is 25.8 Å². The van der Waals surface area contributed by atoms with Crippen molar-refractivity contribution in [1.82, 2.24) is 25.2 Å². The third-order valence-electron chi connectivity index (χ3n) is 3.83. The van der Waals surface area contributed by atoms with Crippen molar-refractivity contribution >= 4 is 35.6 Å². The highest BCUT2D eigenvalue weighted by Gasteiger charge is 2.28. The quantitative estimate of drug-likeness (QED) is 0.297. The predicted octanol–water partition coefficient (Wildman–Crippen LogP) is 3.15. The first kappa shape index (κ1) is 22.7. The van der Waals surface area contributed by atoms with Crippen LogP contribution in [0.4, 0.5) is 13.2 Å². The Hall–Kier alpha value is -2.57. The van der Waals surface area contributed by atoms with Gasteiger partial charge in [0.05, 0.1) is 6.54 Å². The molecule has 3 aromatic rings. The van der Waals surface area contributed by atoms with Crippen LogP contribution in [0, 0.1) is 0 Å². The maximum Gasteiger partial charge on any atom is 0.422 e. The number of fused-ring (bicyclic) bond motifs is 1. The molecular formula is C18H20F3IN6O. The summed E-state index contributed by atoms with van der Waals surface area (Å²) in [5.41, 5.74) is 1.32. The number of hydrogen-bond acceptors (Lipinski definition) is 4. The van der Waals surface area contributed by atoms with Crippen molar-refractivity contribution < 1.29 is 17.9 Å². The lowest BCUT2D eigenvalue weighted by Gasteiger charge is -2.15. The first-order valence-corrected chi connectivity index (χ1v) is 8.47. The number of benzene rings is 1. The molecule has 0 bridgehead atoms. The van der Waals surface area contributed by atoms with Crippen LogP contribution in [0.1, 0.15) is 11.4 Å². The summed E-state index contributed by atoms with van der Waals surface area (Å²) in [6.07, 6.45) is -2.53. The van der Waals surface area contributed by atoms with E-state index in [0.29, 0.717) is 23.9 Å². The van der Waals surface area contributed by atoms with Crippen LogP contribution in [0.5, 0.6) is 5.75 Å². The van der Waals surface area contributed by atoms with Gasteiger partial charge in [-0.1, -0.05) is 24.3 Å². The SMILES string of the molecule is CN=C(NCc1ccccc1OCC(F)(F)F)NCc1nnc2ccccn12.I. The molecule has 1 aromatic carbocycles. The second kappa shape index (κ2) is 10.3. The van der Waals surface area contributed by atoms with Crippen LogP contribution in [0.15, 0.2) is 53.7 Å². The van der Waals surface area contributed by atoms with E-state index in [4.69, 9.17) is 4.74 Å². The fourth-order valence-electron chi connectivity index (χ4n) is 2.52. The van der Waals surface area contributed by atoms with E-state index in [9.17, 15) is 13.2 Å². The largest absolute Gasteiger partial charge is 0.484 e. The molecule has 0 amide bonds. The van der Waals surface area contributed by atoms with Gasteiger partial charge in [0.1, 0.15) is 5.75 Å². The normalized spacial score (nSPS) is 11.8. The fraction of sp³-hybridized carbons (Fsp3) is 0.278. The fourth-order valence-corrected chi connectivity index (χ4v) is 2.52. The zero-order chi connectivity index (χ0) is 20.0. The van der Waals surface area contributed by atoms with E-state index in [1.54, 1.807) is 25.2 Å². The molecule has 29 heavy (non-hydrogen) atoms. The van der Waals surface area contributed by atoms with Gasteiger partial charge in [-0.25, -0.2) is 0 Å². The minimum absolute atomic E-state index is 0. The molecule has 156 valence electrons. The molecule has 2 aromatic heterocycles. The topological polar surface area (TPSA) is 75.8 Å². The summed E-state index contributed by atoms with van der Waals surface area (Å²) < 4.78 is 44.0. The molecule has 0 saturated carbocycles. The molecular weight excluding hydrogens is 500 g/mol. The predicted molar refractivity (Wildman–Crippen MR) is 113 cm³/mol. The Kier molecular flexibility index (Phi) is 8.05. The average Bonchev–Trinajstić information content (AvgIpc) is 3.10. The van der Waals surface area contributed by atoms with Gasteiger partial charge < -0.3 is 15.4 Å². The van der Waals surface area contributed by atoms with Gasteiger partial charge in [-0.2, -0.15) is 13.2 Å². The molecule has 0 atom stereocenters. The van der Waals surface area contributed by atoms with Gasteiger partial charge in [0.2, 0.25) is 0 Å². The Labute approximate surface area is 182 Å². The van der Waals surface area contributed by atoms with Crippen molar-refractivity contribution in [1.29, 1.82) is 0 Å². The van der Waals surface area contributed by atoms with Crippen LogP contribution in [0.3, 0.4) is 0 Å². The molecule has 2 N–H and O–H groups in total. The van der Waals surface area contributed by atoms with Crippen LogP contribution in [0.2, 0.25) is 0 Å². The van der Waals surface area contributed by atoms with Gasteiger partial charge in [0.25, 0.3) is 0 Å². The Morgan fingerprint density at radius 2 is 1.79 bits per heavy atom. The van der Waals surface area contributed by atoms with E-state index in [0.717, 1.165) is 5.65 Å². The molecule has 2 heterocycles. The van der Waals surface area contributed by atoms with Gasteiger partial charge in [-0.3, -0.25) is 9.39 Å². The number of para-hydroxylation sites is 1. The molecule has 0 spiro atoms. The number of nitrogens with one attached hydrogen (secondary N) is 2. The molecule has 0 radical (unpaired) electrons. The Balaban J connectivity index is 0.00000300. The van der Waals surface area contributed by atoms with Crippen LogP contribution >= 0.6 is 24.0 Å². The number of hydrogen-bond donors (Lipinski definition) is 2. The zero-order valence-electron chi connectivity index (χ0n) is 15.5. The maximum atomic E-state index is 12.4. The molecule has 11 heteroatoms. The van der Waals surface area contributed by atoms with Crippen LogP contribution in [0.25, 0.3) is 5.65 Å². The highest BCUT2D eigenvalue weighted by molar-refractivity contribution is 14.0. The smallest absolute Gasteiger partial charge is 0.422 e. The summed E-state index contributed by atoms with van der Waals surface area (Å²) in [5.74, 6) is 1.34. The van der Waals surface area contributed by atoms with Crippen molar-refractivity contribution in [3.05, 3.63) is 60.0 Å². The molecule has 7 nitrogen and oxygen atoms in total. The number of guanidine groups is 1. The highest BCUT2D eigenvalue weighted by Crippen LogP contribution is 2.22. The van der Waals surface area contributed by atoms with Crippen molar-refractivity contribution in [3.8, 4) is 5.75 Å². The van der Waals surface area contributed by atoms with Gasteiger partial charge >= 0.3 is 6.18 Å². The number of rotatable bonds is 6. The van der Waals surface area contributed by atoms with E-state index in [-0.39, 0.29) is 36.3 Å². The lowest BCUT2D eigenvalue weighted by Crippen LogP contribution is -2.36. The molecule has 3 rings (SSSR count).